The Morgan fingerprint density at radius 3 is 2.75 bits per heavy atom. The fourth-order valence-electron chi connectivity index (χ4n) is 0.868. The fraction of sp³-hybridized carbons (Fsp3) is 0.500. The van der Waals surface area contributed by atoms with Crippen molar-refractivity contribution in [3.8, 4) is 0 Å². The van der Waals surface area contributed by atoms with E-state index < -0.39 is 0 Å². The van der Waals surface area contributed by atoms with Crippen molar-refractivity contribution >= 4 is 11.8 Å². The van der Waals surface area contributed by atoms with Gasteiger partial charge in [0.25, 0.3) is 0 Å². The smallest absolute Gasteiger partial charge is 0.309 e. The summed E-state index contributed by atoms with van der Waals surface area (Å²) in [6, 6.07) is 1.91. The summed E-state index contributed by atoms with van der Waals surface area (Å²) < 4.78 is 0. The van der Waals surface area contributed by atoms with E-state index in [9.17, 15) is 4.79 Å². The van der Waals surface area contributed by atoms with Crippen LogP contribution < -0.4 is 5.69 Å². The van der Waals surface area contributed by atoms with Crippen LogP contribution in [0, 0.1) is 0 Å². The minimum Gasteiger partial charge on any atom is -0.309 e. The van der Waals surface area contributed by atoms with Crippen LogP contribution in [0.2, 0.25) is 0 Å². The maximum atomic E-state index is 11.0. The Labute approximate surface area is 75.6 Å². The van der Waals surface area contributed by atoms with Gasteiger partial charge in [-0.05, 0) is 18.2 Å². The highest BCUT2D eigenvalue weighted by atomic mass is 32.2. The molecule has 1 rings (SSSR count). The summed E-state index contributed by atoms with van der Waals surface area (Å²) in [4.78, 5) is 17.5. The Bertz CT molecular complexity index is 319. The maximum Gasteiger partial charge on any atom is 0.346 e. The van der Waals surface area contributed by atoms with Crippen LogP contribution in [0.1, 0.15) is 25.5 Å². The first-order valence-corrected chi connectivity index (χ1v) is 5.01. The topological polar surface area (TPSA) is 45.8 Å². The molecule has 0 aliphatic heterocycles. The molecule has 0 unspecified atom stereocenters. The number of aromatic amines is 1. The van der Waals surface area contributed by atoms with Crippen molar-refractivity contribution in [2.24, 2.45) is 0 Å². The third kappa shape index (κ3) is 2.11. The quantitative estimate of drug-likeness (QED) is 0.561. The molecule has 1 heterocycles. The van der Waals surface area contributed by atoms with Crippen molar-refractivity contribution in [3.63, 3.8) is 0 Å². The van der Waals surface area contributed by atoms with E-state index in [1.807, 2.05) is 26.2 Å². The van der Waals surface area contributed by atoms with Crippen molar-refractivity contribution < 1.29 is 0 Å². The molecule has 66 valence electrons. The molecule has 0 radical (unpaired) electrons. The SMILES string of the molecule is CSc1cc(C(C)C)[nH]c(=O)n1. The number of hydrogen-bond acceptors (Lipinski definition) is 3. The van der Waals surface area contributed by atoms with Crippen LogP contribution in [0.15, 0.2) is 15.9 Å². The molecule has 0 fully saturated rings. The minimum absolute atomic E-state index is 0.259. The Balaban J connectivity index is 3.15. The molecule has 0 amide bonds. The van der Waals surface area contributed by atoms with Gasteiger partial charge >= 0.3 is 5.69 Å². The van der Waals surface area contributed by atoms with Gasteiger partial charge in [0.1, 0.15) is 5.03 Å². The summed E-state index contributed by atoms with van der Waals surface area (Å²) in [7, 11) is 0. The molecule has 0 saturated heterocycles. The van der Waals surface area contributed by atoms with Crippen LogP contribution in [0.25, 0.3) is 0 Å². The summed E-state index contributed by atoms with van der Waals surface area (Å²) in [5, 5.41) is 0.780. The molecular formula is C8H12N2OS. The van der Waals surface area contributed by atoms with Crippen molar-refractivity contribution in [3.05, 3.63) is 22.2 Å². The third-order valence-corrected chi connectivity index (χ3v) is 2.20. The second-order valence-corrected chi connectivity index (χ2v) is 3.67. The van der Waals surface area contributed by atoms with Gasteiger partial charge in [-0.1, -0.05) is 13.8 Å². The molecule has 3 nitrogen and oxygen atoms in total. The standard InChI is InChI=1S/C8H12N2OS/c1-5(2)6-4-7(12-3)10-8(11)9-6/h4-5H,1-3H3,(H,9,10,11). The lowest BCUT2D eigenvalue weighted by Gasteiger charge is -2.04. The van der Waals surface area contributed by atoms with Crippen LogP contribution in [0.5, 0.6) is 0 Å². The Morgan fingerprint density at radius 1 is 1.58 bits per heavy atom. The van der Waals surface area contributed by atoms with E-state index in [4.69, 9.17) is 0 Å². The van der Waals surface area contributed by atoms with Crippen LogP contribution in [0.3, 0.4) is 0 Å². The predicted octanol–water partition coefficient (Wildman–Crippen LogP) is 1.62. The summed E-state index contributed by atoms with van der Waals surface area (Å²) in [5.41, 5.74) is 0.685. The van der Waals surface area contributed by atoms with E-state index in [0.29, 0.717) is 5.92 Å². The zero-order valence-electron chi connectivity index (χ0n) is 7.42. The first-order chi connectivity index (χ1) is 5.63. The van der Waals surface area contributed by atoms with Crippen LogP contribution in [-0.4, -0.2) is 16.2 Å². The highest BCUT2D eigenvalue weighted by Crippen LogP contribution is 2.14. The first kappa shape index (κ1) is 9.32. The molecule has 4 heteroatoms. The summed E-state index contributed by atoms with van der Waals surface area (Å²) in [6.45, 7) is 4.07. The van der Waals surface area contributed by atoms with Crippen molar-refractivity contribution in [1.82, 2.24) is 9.97 Å². The molecule has 0 bridgehead atoms. The van der Waals surface area contributed by atoms with Gasteiger partial charge in [-0.2, -0.15) is 4.98 Å². The van der Waals surface area contributed by atoms with Crippen LogP contribution >= 0.6 is 11.8 Å². The lowest BCUT2D eigenvalue weighted by atomic mass is 10.1. The number of aromatic nitrogens is 2. The number of thioether (sulfide) groups is 1. The van der Waals surface area contributed by atoms with Gasteiger partial charge < -0.3 is 4.98 Å². The maximum absolute atomic E-state index is 11.0. The molecule has 0 saturated carbocycles. The number of nitrogens with zero attached hydrogens (tertiary/aromatic N) is 1. The molecular weight excluding hydrogens is 172 g/mol. The highest BCUT2D eigenvalue weighted by Gasteiger charge is 2.02. The van der Waals surface area contributed by atoms with Gasteiger partial charge in [0.05, 0.1) is 0 Å². The van der Waals surface area contributed by atoms with Gasteiger partial charge in [-0.3, -0.25) is 0 Å². The van der Waals surface area contributed by atoms with E-state index in [1.165, 1.54) is 11.8 Å². The number of H-pyrrole nitrogens is 1. The second kappa shape index (κ2) is 3.76. The van der Waals surface area contributed by atoms with Crippen molar-refractivity contribution in [1.29, 1.82) is 0 Å². The molecule has 0 aliphatic rings. The second-order valence-electron chi connectivity index (χ2n) is 2.84. The third-order valence-electron chi connectivity index (χ3n) is 1.57. The highest BCUT2D eigenvalue weighted by molar-refractivity contribution is 7.98. The lowest BCUT2D eigenvalue weighted by molar-refractivity contribution is 0.784. The number of hydrogen-bond donors (Lipinski definition) is 1. The summed E-state index contributed by atoms with van der Waals surface area (Å²) >= 11 is 1.48. The molecule has 1 aromatic heterocycles. The van der Waals surface area contributed by atoms with Crippen LogP contribution in [-0.2, 0) is 0 Å². The number of nitrogens with one attached hydrogen (secondary N) is 1. The lowest BCUT2D eigenvalue weighted by Crippen LogP contribution is -2.13. The van der Waals surface area contributed by atoms with E-state index in [1.54, 1.807) is 0 Å². The molecule has 1 N–H and O–H groups in total. The molecule has 0 aliphatic carbocycles. The molecule has 0 atom stereocenters. The van der Waals surface area contributed by atoms with Gasteiger partial charge in [0.15, 0.2) is 0 Å². The average molecular weight is 184 g/mol. The fourth-order valence-corrected chi connectivity index (χ4v) is 1.29. The predicted molar refractivity (Wildman–Crippen MR) is 50.7 cm³/mol. The van der Waals surface area contributed by atoms with Crippen molar-refractivity contribution in [2.75, 3.05) is 6.26 Å². The molecule has 1 aromatic rings. The average Bonchev–Trinajstić information content (AvgIpc) is 2.03. The molecule has 12 heavy (non-hydrogen) atoms. The summed E-state index contributed by atoms with van der Waals surface area (Å²) in [5.74, 6) is 0.339. The van der Waals surface area contributed by atoms with Gasteiger partial charge in [-0.25, -0.2) is 4.79 Å². The Morgan fingerprint density at radius 2 is 2.25 bits per heavy atom. The normalized spacial score (nSPS) is 10.7. The van der Waals surface area contributed by atoms with E-state index in [0.717, 1.165) is 10.7 Å². The van der Waals surface area contributed by atoms with E-state index in [-0.39, 0.29) is 5.69 Å². The molecule has 0 aromatic carbocycles. The molecule has 0 spiro atoms. The van der Waals surface area contributed by atoms with Crippen LogP contribution in [0.4, 0.5) is 0 Å². The largest absolute Gasteiger partial charge is 0.346 e. The zero-order chi connectivity index (χ0) is 9.14. The zero-order valence-corrected chi connectivity index (χ0v) is 8.23. The van der Waals surface area contributed by atoms with Crippen molar-refractivity contribution in [2.45, 2.75) is 24.8 Å². The Hall–Kier alpha value is -0.770. The van der Waals surface area contributed by atoms with Gasteiger partial charge in [0.2, 0.25) is 0 Å². The first-order valence-electron chi connectivity index (χ1n) is 3.78. The van der Waals surface area contributed by atoms with Gasteiger partial charge in [-0.15, -0.1) is 11.8 Å². The number of rotatable bonds is 2. The monoisotopic (exact) mass is 184 g/mol. The van der Waals surface area contributed by atoms with E-state index >= 15 is 0 Å². The summed E-state index contributed by atoms with van der Waals surface area (Å²) in [6.07, 6.45) is 1.91. The van der Waals surface area contributed by atoms with E-state index in [2.05, 4.69) is 9.97 Å². The minimum atomic E-state index is -0.259. The van der Waals surface area contributed by atoms with Gasteiger partial charge in [0, 0.05) is 5.69 Å². The Kier molecular flexibility index (Phi) is 2.92.